The minimum atomic E-state index is -0.664. The van der Waals surface area contributed by atoms with Crippen LogP contribution in [0.5, 0.6) is 5.75 Å². The topological polar surface area (TPSA) is 81.9 Å². The number of primary amides is 1. The molecule has 0 saturated heterocycles. The van der Waals surface area contributed by atoms with Gasteiger partial charge in [-0.05, 0) is 45.9 Å². The lowest BCUT2D eigenvalue weighted by molar-refractivity contribution is 0.0584. The van der Waals surface area contributed by atoms with Crippen LogP contribution < -0.4 is 15.4 Å². The minimum Gasteiger partial charge on any atom is -0.492 e. The summed E-state index contributed by atoms with van der Waals surface area (Å²) in [5.41, 5.74) is 5.31. The van der Waals surface area contributed by atoms with Gasteiger partial charge in [0, 0.05) is 5.56 Å². The fourth-order valence-corrected chi connectivity index (χ4v) is 1.82. The Morgan fingerprint density at radius 2 is 2.00 bits per heavy atom. The molecule has 1 rings (SSSR count). The highest BCUT2D eigenvalue weighted by atomic mass is 16.6. The zero-order chi connectivity index (χ0) is 17.6. The Morgan fingerprint density at radius 1 is 1.35 bits per heavy atom. The van der Waals surface area contributed by atoms with E-state index in [2.05, 4.69) is 5.92 Å². The van der Waals surface area contributed by atoms with Crippen molar-refractivity contribution in [3.63, 3.8) is 0 Å². The monoisotopic (exact) mass is 318 g/mol. The van der Waals surface area contributed by atoms with Gasteiger partial charge < -0.3 is 15.2 Å². The molecule has 0 heterocycles. The minimum absolute atomic E-state index is 0.00487. The van der Waals surface area contributed by atoms with Gasteiger partial charge >= 0.3 is 6.09 Å². The summed E-state index contributed by atoms with van der Waals surface area (Å²) in [4.78, 5) is 25.0. The van der Waals surface area contributed by atoms with Crippen molar-refractivity contribution in [2.75, 3.05) is 18.1 Å². The molecule has 6 heteroatoms. The third kappa shape index (κ3) is 5.22. The lowest BCUT2D eigenvalue weighted by Gasteiger charge is -2.27. The molecule has 0 radical (unpaired) electrons. The number of nitrogens with two attached hydrogens (primary N) is 1. The summed E-state index contributed by atoms with van der Waals surface area (Å²) in [6.07, 6.45) is 4.76. The molecule has 2 N–H and O–H groups in total. The second kappa shape index (κ2) is 7.54. The summed E-state index contributed by atoms with van der Waals surface area (Å²) >= 11 is 0. The predicted octanol–water partition coefficient (Wildman–Crippen LogP) is 2.56. The molecule has 6 nitrogen and oxygen atoms in total. The van der Waals surface area contributed by atoms with Gasteiger partial charge in [0.25, 0.3) is 0 Å². The number of amides is 2. The maximum absolute atomic E-state index is 12.4. The highest BCUT2D eigenvalue weighted by molar-refractivity contribution is 5.96. The van der Waals surface area contributed by atoms with Crippen molar-refractivity contribution >= 4 is 17.7 Å². The first-order chi connectivity index (χ1) is 10.7. The van der Waals surface area contributed by atoms with Gasteiger partial charge in [-0.3, -0.25) is 9.69 Å². The SMILES string of the molecule is C#CCN(C(=O)OC(C)(C)C)c1ccc(C(N)=O)cc1OCC. The van der Waals surface area contributed by atoms with Crippen LogP contribution in [-0.2, 0) is 4.74 Å². The third-order valence-corrected chi connectivity index (χ3v) is 2.70. The molecule has 0 fully saturated rings. The quantitative estimate of drug-likeness (QED) is 0.846. The summed E-state index contributed by atoms with van der Waals surface area (Å²) in [5.74, 6) is 2.17. The van der Waals surface area contributed by atoms with Crippen molar-refractivity contribution < 1.29 is 19.1 Å². The van der Waals surface area contributed by atoms with Gasteiger partial charge in [-0.25, -0.2) is 4.79 Å². The number of carbonyl (C=O) groups is 2. The maximum atomic E-state index is 12.4. The van der Waals surface area contributed by atoms with Crippen LogP contribution in [-0.4, -0.2) is 30.8 Å². The molecule has 0 atom stereocenters. The molecule has 0 bridgehead atoms. The van der Waals surface area contributed by atoms with Crippen LogP contribution in [0.4, 0.5) is 10.5 Å². The van der Waals surface area contributed by atoms with E-state index < -0.39 is 17.6 Å². The number of terminal acetylenes is 1. The molecular formula is C17H22N2O4. The number of rotatable bonds is 5. The van der Waals surface area contributed by atoms with E-state index in [1.807, 2.05) is 0 Å². The maximum Gasteiger partial charge on any atom is 0.415 e. The van der Waals surface area contributed by atoms with Crippen molar-refractivity contribution in [2.45, 2.75) is 33.3 Å². The van der Waals surface area contributed by atoms with Gasteiger partial charge in [-0.15, -0.1) is 6.42 Å². The molecule has 0 unspecified atom stereocenters. The first-order valence-corrected chi connectivity index (χ1v) is 7.20. The van der Waals surface area contributed by atoms with Crippen LogP contribution in [0.1, 0.15) is 38.1 Å². The van der Waals surface area contributed by atoms with Crippen LogP contribution in [0.15, 0.2) is 18.2 Å². The number of carbonyl (C=O) groups excluding carboxylic acids is 2. The van der Waals surface area contributed by atoms with Crippen LogP contribution >= 0.6 is 0 Å². The first kappa shape index (κ1) is 18.4. The summed E-state index contributed by atoms with van der Waals surface area (Å²) < 4.78 is 10.9. The molecule has 2 amide bonds. The Labute approximate surface area is 136 Å². The lowest BCUT2D eigenvalue weighted by atomic mass is 10.1. The third-order valence-electron chi connectivity index (χ3n) is 2.70. The normalized spacial score (nSPS) is 10.6. The highest BCUT2D eigenvalue weighted by Crippen LogP contribution is 2.30. The van der Waals surface area contributed by atoms with Crippen molar-refractivity contribution in [1.29, 1.82) is 0 Å². The Balaban J connectivity index is 3.28. The van der Waals surface area contributed by atoms with E-state index in [0.29, 0.717) is 18.0 Å². The van der Waals surface area contributed by atoms with E-state index in [1.54, 1.807) is 33.8 Å². The van der Waals surface area contributed by atoms with Gasteiger partial charge in [-0.2, -0.15) is 0 Å². The fourth-order valence-electron chi connectivity index (χ4n) is 1.82. The molecule has 0 aliphatic rings. The molecule has 0 aliphatic carbocycles. The number of hydrogen-bond acceptors (Lipinski definition) is 4. The van der Waals surface area contributed by atoms with Crippen LogP contribution in [0.3, 0.4) is 0 Å². The molecule has 23 heavy (non-hydrogen) atoms. The number of ether oxygens (including phenoxy) is 2. The van der Waals surface area contributed by atoms with Crippen molar-refractivity contribution in [1.82, 2.24) is 0 Å². The van der Waals surface area contributed by atoms with E-state index >= 15 is 0 Å². The summed E-state index contributed by atoms with van der Waals surface area (Å²) in [6.45, 7) is 7.44. The zero-order valence-electron chi connectivity index (χ0n) is 13.9. The molecular weight excluding hydrogens is 296 g/mol. The number of nitrogens with zero attached hydrogens (tertiary/aromatic N) is 1. The Morgan fingerprint density at radius 3 is 2.48 bits per heavy atom. The molecule has 124 valence electrons. The molecule has 1 aromatic rings. The Bertz CT molecular complexity index is 626. The van der Waals surface area contributed by atoms with Crippen molar-refractivity contribution in [3.05, 3.63) is 23.8 Å². The molecule has 1 aromatic carbocycles. The smallest absolute Gasteiger partial charge is 0.415 e. The standard InChI is InChI=1S/C17H22N2O4/c1-6-10-19(16(21)23-17(3,4)5)13-9-8-12(15(18)20)11-14(13)22-7-2/h1,8-9,11H,7,10H2,2-5H3,(H2,18,20). The van der Waals surface area contributed by atoms with E-state index in [4.69, 9.17) is 21.6 Å². The lowest BCUT2D eigenvalue weighted by Crippen LogP contribution is -2.37. The average Bonchev–Trinajstić information content (AvgIpc) is 2.43. The van der Waals surface area contributed by atoms with Crippen LogP contribution in [0.2, 0.25) is 0 Å². The molecule has 0 spiro atoms. The molecule has 0 aliphatic heterocycles. The van der Waals surface area contributed by atoms with E-state index in [9.17, 15) is 9.59 Å². The van der Waals surface area contributed by atoms with Gasteiger partial charge in [0.2, 0.25) is 5.91 Å². The van der Waals surface area contributed by atoms with Crippen molar-refractivity contribution in [2.24, 2.45) is 5.73 Å². The second-order valence-electron chi connectivity index (χ2n) is 5.75. The fraction of sp³-hybridized carbons (Fsp3) is 0.412. The average molecular weight is 318 g/mol. The van der Waals surface area contributed by atoms with Gasteiger partial charge in [0.15, 0.2) is 0 Å². The van der Waals surface area contributed by atoms with Gasteiger partial charge in [0.05, 0.1) is 18.8 Å². The first-order valence-electron chi connectivity index (χ1n) is 7.20. The second-order valence-corrected chi connectivity index (χ2v) is 5.75. The summed E-state index contributed by atoms with van der Waals surface area (Å²) in [6, 6.07) is 4.55. The van der Waals surface area contributed by atoms with Crippen molar-refractivity contribution in [3.8, 4) is 18.1 Å². The molecule has 0 saturated carbocycles. The zero-order valence-corrected chi connectivity index (χ0v) is 13.9. The van der Waals surface area contributed by atoms with Gasteiger partial charge in [0.1, 0.15) is 11.4 Å². The Kier molecular flexibility index (Phi) is 6.02. The van der Waals surface area contributed by atoms with E-state index in [0.717, 1.165) is 0 Å². The van der Waals surface area contributed by atoms with Gasteiger partial charge in [-0.1, -0.05) is 5.92 Å². The predicted molar refractivity (Wildman–Crippen MR) is 88.5 cm³/mol. The number of hydrogen-bond donors (Lipinski definition) is 1. The largest absolute Gasteiger partial charge is 0.492 e. The molecule has 0 aromatic heterocycles. The van der Waals surface area contributed by atoms with Crippen LogP contribution in [0.25, 0.3) is 0 Å². The van der Waals surface area contributed by atoms with E-state index in [-0.39, 0.29) is 12.1 Å². The van der Waals surface area contributed by atoms with E-state index in [1.165, 1.54) is 17.0 Å². The highest BCUT2D eigenvalue weighted by Gasteiger charge is 2.25. The Hall–Kier alpha value is -2.68. The number of benzene rings is 1. The van der Waals surface area contributed by atoms with Crippen LogP contribution in [0, 0.1) is 12.3 Å². The summed E-state index contributed by atoms with van der Waals surface area (Å²) in [7, 11) is 0. The summed E-state index contributed by atoms with van der Waals surface area (Å²) in [5, 5.41) is 0. The number of anilines is 1.